The van der Waals surface area contributed by atoms with Crippen molar-refractivity contribution in [2.24, 2.45) is 17.6 Å². The lowest BCUT2D eigenvalue weighted by molar-refractivity contribution is 0.0173. The van der Waals surface area contributed by atoms with Gasteiger partial charge in [0.15, 0.2) is 0 Å². The maximum absolute atomic E-state index is 11.9. The zero-order valence-electron chi connectivity index (χ0n) is 16.9. The Kier molecular flexibility index (Phi) is 5.41. The Hall–Kier alpha value is -1.59. The van der Waals surface area contributed by atoms with Gasteiger partial charge in [-0.05, 0) is 75.0 Å². The van der Waals surface area contributed by atoms with Gasteiger partial charge in [0.2, 0.25) is 0 Å². The molecule has 28 heavy (non-hydrogen) atoms. The molecule has 3 aliphatic carbocycles. The number of aliphatic hydroxyl groups excluding tert-OH is 1. The first-order valence-corrected chi connectivity index (χ1v) is 11.0. The number of nitrogens with one attached hydrogen (secondary N) is 1. The van der Waals surface area contributed by atoms with Crippen LogP contribution in [-0.2, 0) is 11.8 Å². The van der Waals surface area contributed by atoms with Gasteiger partial charge in [0.1, 0.15) is 5.75 Å². The molecule has 4 rings (SSSR count). The smallest absolute Gasteiger partial charge is 0.252 e. The van der Waals surface area contributed by atoms with Crippen molar-refractivity contribution in [2.45, 2.75) is 82.3 Å². The number of carbonyl (C=O) groups excluding carboxylic acids is 1. The summed E-state index contributed by atoms with van der Waals surface area (Å²) in [6.45, 7) is 3.22. The normalized spacial score (nSPS) is 32.3. The van der Waals surface area contributed by atoms with Crippen molar-refractivity contribution in [1.29, 1.82) is 0 Å². The highest BCUT2D eigenvalue weighted by atomic mass is 16.3. The molecule has 5 nitrogen and oxygen atoms in total. The lowest BCUT2D eigenvalue weighted by atomic mass is 9.53. The maximum atomic E-state index is 11.9. The summed E-state index contributed by atoms with van der Waals surface area (Å²) in [6, 6.07) is 3.99. The van der Waals surface area contributed by atoms with Crippen molar-refractivity contribution >= 4 is 5.91 Å². The van der Waals surface area contributed by atoms with Crippen LogP contribution in [0, 0.1) is 11.8 Å². The van der Waals surface area contributed by atoms with Crippen LogP contribution in [0.4, 0.5) is 0 Å². The molecule has 5 heteroatoms. The third kappa shape index (κ3) is 3.22. The van der Waals surface area contributed by atoms with Gasteiger partial charge in [0, 0.05) is 17.0 Å². The zero-order valence-corrected chi connectivity index (χ0v) is 16.9. The van der Waals surface area contributed by atoms with Crippen LogP contribution in [0.3, 0.4) is 0 Å². The molecule has 2 fully saturated rings. The molecule has 0 unspecified atom stereocenters. The van der Waals surface area contributed by atoms with Gasteiger partial charge in [-0.1, -0.05) is 25.8 Å². The summed E-state index contributed by atoms with van der Waals surface area (Å²) in [5.41, 5.74) is 7.42. The second-order valence-electron chi connectivity index (χ2n) is 9.32. The lowest BCUT2D eigenvalue weighted by Crippen LogP contribution is -2.56. The van der Waals surface area contributed by atoms with Gasteiger partial charge in [-0.2, -0.15) is 0 Å². The number of rotatable bonds is 6. The first kappa shape index (κ1) is 19.7. The van der Waals surface area contributed by atoms with Gasteiger partial charge < -0.3 is 21.3 Å². The highest BCUT2D eigenvalue weighted by molar-refractivity contribution is 5.96. The number of aromatic hydroxyl groups is 1. The van der Waals surface area contributed by atoms with E-state index in [0.717, 1.165) is 55.7 Å². The molecular formula is C23H34N2O3. The van der Waals surface area contributed by atoms with Crippen LogP contribution >= 0.6 is 0 Å². The van der Waals surface area contributed by atoms with Crippen LogP contribution in [0.2, 0.25) is 0 Å². The van der Waals surface area contributed by atoms with Crippen molar-refractivity contribution < 1.29 is 15.0 Å². The number of primary amides is 1. The topological polar surface area (TPSA) is 95.6 Å². The number of benzene rings is 1. The highest BCUT2D eigenvalue weighted by Crippen LogP contribution is 2.55. The minimum atomic E-state index is -0.593. The van der Waals surface area contributed by atoms with Crippen LogP contribution < -0.4 is 11.1 Å². The Morgan fingerprint density at radius 1 is 1.29 bits per heavy atom. The zero-order chi connectivity index (χ0) is 19.9. The van der Waals surface area contributed by atoms with E-state index in [4.69, 9.17) is 5.73 Å². The van der Waals surface area contributed by atoms with Crippen molar-refractivity contribution in [3.63, 3.8) is 0 Å². The van der Waals surface area contributed by atoms with Crippen molar-refractivity contribution in [1.82, 2.24) is 5.32 Å². The van der Waals surface area contributed by atoms with Crippen LogP contribution in [0.15, 0.2) is 12.1 Å². The maximum Gasteiger partial charge on any atom is 0.252 e. The van der Waals surface area contributed by atoms with E-state index in [1.807, 2.05) is 6.07 Å². The minimum Gasteiger partial charge on any atom is -0.507 e. The van der Waals surface area contributed by atoms with Gasteiger partial charge in [-0.15, -0.1) is 0 Å². The number of aliphatic hydroxyl groups is 1. The molecule has 154 valence electrons. The van der Waals surface area contributed by atoms with Crippen LogP contribution in [0.1, 0.15) is 79.8 Å². The van der Waals surface area contributed by atoms with Gasteiger partial charge in [0.25, 0.3) is 5.91 Å². The molecular weight excluding hydrogens is 352 g/mol. The number of phenols is 1. The number of hydrogen-bond acceptors (Lipinski definition) is 4. The molecule has 0 heterocycles. The number of hydrogen-bond donors (Lipinski definition) is 4. The predicted molar refractivity (Wildman–Crippen MR) is 109 cm³/mol. The first-order valence-electron chi connectivity index (χ1n) is 11.0. The second kappa shape index (κ2) is 7.68. The average Bonchev–Trinajstić information content (AvgIpc) is 2.59. The molecule has 3 aliphatic rings. The summed E-state index contributed by atoms with van der Waals surface area (Å²) < 4.78 is 0. The van der Waals surface area contributed by atoms with E-state index in [9.17, 15) is 15.0 Å². The summed E-state index contributed by atoms with van der Waals surface area (Å²) in [6.07, 6.45) is 8.77. The first-order chi connectivity index (χ1) is 13.5. The molecule has 1 amide bonds. The van der Waals surface area contributed by atoms with E-state index in [1.165, 1.54) is 19.3 Å². The fourth-order valence-electron chi connectivity index (χ4n) is 6.22. The molecule has 4 atom stereocenters. The average molecular weight is 387 g/mol. The molecule has 0 bridgehead atoms. The summed E-state index contributed by atoms with van der Waals surface area (Å²) >= 11 is 0. The molecule has 2 saturated carbocycles. The van der Waals surface area contributed by atoms with Crippen molar-refractivity contribution in [2.75, 3.05) is 6.54 Å². The van der Waals surface area contributed by atoms with E-state index in [0.29, 0.717) is 18.4 Å². The van der Waals surface area contributed by atoms with Crippen LogP contribution in [0.25, 0.3) is 0 Å². The Bertz CT molecular complexity index is 746. The second-order valence-corrected chi connectivity index (χ2v) is 9.32. The van der Waals surface area contributed by atoms with E-state index < -0.39 is 5.91 Å². The SMILES string of the molecule is CCC[C@]12C[C@@H](O)CC[C@H]1[C@H](NCC1CCC1)Cc1ccc(C(N)=O)c(O)c12. The highest BCUT2D eigenvalue weighted by Gasteiger charge is 2.52. The van der Waals surface area contributed by atoms with Gasteiger partial charge in [-0.3, -0.25) is 4.79 Å². The summed E-state index contributed by atoms with van der Waals surface area (Å²) in [5, 5.41) is 25.5. The van der Waals surface area contributed by atoms with Crippen LogP contribution in [0.5, 0.6) is 5.75 Å². The molecule has 0 spiro atoms. The largest absolute Gasteiger partial charge is 0.507 e. The Morgan fingerprint density at radius 3 is 2.71 bits per heavy atom. The summed E-state index contributed by atoms with van der Waals surface area (Å²) in [5.74, 6) is 0.610. The van der Waals surface area contributed by atoms with Crippen molar-refractivity contribution in [3.05, 3.63) is 28.8 Å². The number of amides is 1. The Labute approximate surface area is 167 Å². The molecule has 0 radical (unpaired) electrons. The number of fused-ring (bicyclic) bond motifs is 3. The monoisotopic (exact) mass is 386 g/mol. The van der Waals surface area contributed by atoms with E-state index >= 15 is 0 Å². The number of carbonyl (C=O) groups is 1. The van der Waals surface area contributed by atoms with Crippen molar-refractivity contribution in [3.8, 4) is 5.75 Å². The summed E-state index contributed by atoms with van der Waals surface area (Å²) in [4.78, 5) is 11.9. The fraction of sp³-hybridized carbons (Fsp3) is 0.696. The Morgan fingerprint density at radius 2 is 2.07 bits per heavy atom. The molecule has 1 aromatic carbocycles. The molecule has 1 aromatic rings. The molecule has 0 saturated heterocycles. The third-order valence-electron chi connectivity index (χ3n) is 7.66. The van der Waals surface area contributed by atoms with E-state index in [1.54, 1.807) is 6.07 Å². The van der Waals surface area contributed by atoms with Gasteiger partial charge in [0.05, 0.1) is 11.7 Å². The third-order valence-corrected chi connectivity index (χ3v) is 7.66. The van der Waals surface area contributed by atoms with Gasteiger partial charge >= 0.3 is 0 Å². The predicted octanol–water partition coefficient (Wildman–Crippen LogP) is 3.00. The molecule has 0 aliphatic heterocycles. The Balaban J connectivity index is 1.77. The standard InChI is InChI=1S/C23H34N2O3/c1-2-10-23-12-16(26)7-9-18(23)19(25-13-14-4-3-5-14)11-15-6-8-17(22(24)28)21(27)20(15)23/h6,8,14,16,18-19,25-27H,2-5,7,9-13H2,1H3,(H2,24,28)/t16-,18-,19+,23-/m0/s1. The fourth-order valence-corrected chi connectivity index (χ4v) is 6.22. The quantitative estimate of drug-likeness (QED) is 0.604. The molecule has 0 aromatic heterocycles. The van der Waals surface area contributed by atoms with Gasteiger partial charge in [-0.25, -0.2) is 0 Å². The van der Waals surface area contributed by atoms with E-state index in [-0.39, 0.29) is 22.8 Å². The lowest BCUT2D eigenvalue weighted by Gasteiger charge is -2.54. The van der Waals surface area contributed by atoms with E-state index in [2.05, 4.69) is 12.2 Å². The molecule has 5 N–H and O–H groups in total. The summed E-state index contributed by atoms with van der Waals surface area (Å²) in [7, 11) is 0. The minimum absolute atomic E-state index is 0.0509. The van der Waals surface area contributed by atoms with Crippen LogP contribution in [-0.4, -0.2) is 34.8 Å². The number of nitrogens with two attached hydrogens (primary N) is 1.